The molecular weight excluding hydrogens is 250 g/mol. The Morgan fingerprint density at radius 1 is 1.33 bits per heavy atom. The molecule has 0 aliphatic carbocycles. The second-order valence-electron chi connectivity index (χ2n) is 3.85. The molecule has 0 spiro atoms. The molecule has 3 N–H and O–H groups in total. The average molecular weight is 262 g/mol. The first-order chi connectivity index (χ1) is 8.56. The van der Waals surface area contributed by atoms with Crippen molar-refractivity contribution < 1.29 is 4.74 Å². The first-order valence-electron chi connectivity index (χ1n) is 5.30. The topological polar surface area (TPSA) is 72.0 Å². The first kappa shape index (κ1) is 12.4. The molecule has 92 valence electrons. The van der Waals surface area contributed by atoms with E-state index in [0.29, 0.717) is 22.1 Å². The van der Waals surface area contributed by atoms with Gasteiger partial charge in [0.15, 0.2) is 0 Å². The van der Waals surface area contributed by atoms with Crippen molar-refractivity contribution in [2.75, 3.05) is 0 Å². The average Bonchev–Trinajstić information content (AvgIpc) is 2.28. The van der Waals surface area contributed by atoms with Crippen LogP contribution in [0.25, 0.3) is 0 Å². The zero-order chi connectivity index (χ0) is 13.1. The second kappa shape index (κ2) is 5.06. The van der Waals surface area contributed by atoms with E-state index in [1.807, 2.05) is 19.1 Å². The predicted octanol–water partition coefficient (Wildman–Crippen LogP) is 3.12. The summed E-state index contributed by atoms with van der Waals surface area (Å²) in [6.07, 6.45) is 3.08. The van der Waals surface area contributed by atoms with Gasteiger partial charge in [-0.3, -0.25) is 10.4 Å². The number of amidine groups is 1. The van der Waals surface area contributed by atoms with Crippen molar-refractivity contribution in [2.45, 2.75) is 6.92 Å². The molecule has 0 fully saturated rings. The van der Waals surface area contributed by atoms with E-state index in [1.165, 1.54) is 6.20 Å². The van der Waals surface area contributed by atoms with Gasteiger partial charge in [0.05, 0.1) is 16.8 Å². The van der Waals surface area contributed by atoms with Crippen molar-refractivity contribution >= 4 is 17.4 Å². The van der Waals surface area contributed by atoms with E-state index in [1.54, 1.807) is 18.3 Å². The molecule has 0 amide bonds. The molecule has 1 heterocycles. The highest BCUT2D eigenvalue weighted by Gasteiger charge is 2.08. The Bertz CT molecular complexity index is 599. The van der Waals surface area contributed by atoms with Gasteiger partial charge >= 0.3 is 0 Å². The molecule has 0 saturated heterocycles. The van der Waals surface area contributed by atoms with Crippen molar-refractivity contribution in [1.82, 2.24) is 4.98 Å². The predicted molar refractivity (Wildman–Crippen MR) is 71.5 cm³/mol. The molecule has 0 aliphatic rings. The maximum Gasteiger partial charge on any atom is 0.147 e. The van der Waals surface area contributed by atoms with Crippen molar-refractivity contribution in [3.05, 3.63) is 52.8 Å². The summed E-state index contributed by atoms with van der Waals surface area (Å²) in [6.45, 7) is 1.94. The van der Waals surface area contributed by atoms with Crippen LogP contribution in [0.4, 0.5) is 0 Å². The summed E-state index contributed by atoms with van der Waals surface area (Å²) >= 11 is 5.84. The van der Waals surface area contributed by atoms with E-state index < -0.39 is 0 Å². The van der Waals surface area contributed by atoms with Crippen LogP contribution >= 0.6 is 11.6 Å². The van der Waals surface area contributed by atoms with Crippen LogP contribution in [0.15, 0.2) is 36.7 Å². The number of ether oxygens (including phenoxy) is 1. The number of nitrogens with two attached hydrogens (primary N) is 1. The molecule has 1 aromatic heterocycles. The van der Waals surface area contributed by atoms with E-state index in [-0.39, 0.29) is 5.84 Å². The molecule has 0 unspecified atom stereocenters. The van der Waals surface area contributed by atoms with Gasteiger partial charge in [0.25, 0.3) is 0 Å². The molecule has 2 aromatic rings. The Kier molecular flexibility index (Phi) is 3.48. The number of pyridine rings is 1. The van der Waals surface area contributed by atoms with Crippen LogP contribution in [0.3, 0.4) is 0 Å². The molecule has 1 aromatic carbocycles. The number of nitrogens with one attached hydrogen (secondary N) is 1. The minimum absolute atomic E-state index is 0.0417. The summed E-state index contributed by atoms with van der Waals surface area (Å²) in [6, 6.07) is 7.10. The Labute approximate surface area is 110 Å². The van der Waals surface area contributed by atoms with Crippen molar-refractivity contribution in [3.8, 4) is 11.5 Å². The Balaban J connectivity index is 2.39. The molecule has 0 radical (unpaired) electrons. The number of hydrogen-bond donors (Lipinski definition) is 2. The number of halogens is 1. The van der Waals surface area contributed by atoms with Gasteiger partial charge in [-0.25, -0.2) is 0 Å². The van der Waals surface area contributed by atoms with Crippen molar-refractivity contribution in [3.63, 3.8) is 0 Å². The van der Waals surface area contributed by atoms with Gasteiger partial charge < -0.3 is 10.5 Å². The van der Waals surface area contributed by atoms with Gasteiger partial charge in [0.2, 0.25) is 0 Å². The van der Waals surface area contributed by atoms with Crippen LogP contribution in [0.2, 0.25) is 5.02 Å². The third-order valence-electron chi connectivity index (χ3n) is 2.33. The molecule has 0 aliphatic heterocycles. The minimum Gasteiger partial charge on any atom is -0.455 e. The highest BCUT2D eigenvalue weighted by molar-refractivity contribution is 6.30. The maximum atomic E-state index is 7.51. The third kappa shape index (κ3) is 2.78. The maximum absolute atomic E-state index is 7.51. The fraction of sp³-hybridized carbons (Fsp3) is 0.0769. The van der Waals surface area contributed by atoms with Crippen LogP contribution in [-0.2, 0) is 0 Å². The normalized spacial score (nSPS) is 10.1. The van der Waals surface area contributed by atoms with Crippen LogP contribution in [-0.4, -0.2) is 10.8 Å². The van der Waals surface area contributed by atoms with Gasteiger partial charge in [-0.15, -0.1) is 0 Å². The zero-order valence-electron chi connectivity index (χ0n) is 9.77. The smallest absolute Gasteiger partial charge is 0.147 e. The highest BCUT2D eigenvalue weighted by Crippen LogP contribution is 2.27. The molecule has 0 saturated carbocycles. The first-order valence-corrected chi connectivity index (χ1v) is 5.67. The summed E-state index contributed by atoms with van der Waals surface area (Å²) in [4.78, 5) is 3.94. The number of nitrogens with zero attached hydrogens (tertiary/aromatic N) is 1. The Hall–Kier alpha value is -2.07. The van der Waals surface area contributed by atoms with Crippen LogP contribution in [0.1, 0.15) is 11.1 Å². The molecule has 0 atom stereocenters. The largest absolute Gasteiger partial charge is 0.455 e. The molecule has 4 nitrogen and oxygen atoms in total. The molecular formula is C13H12ClN3O. The van der Waals surface area contributed by atoms with Gasteiger partial charge in [-0.05, 0) is 24.6 Å². The van der Waals surface area contributed by atoms with Gasteiger partial charge in [0.1, 0.15) is 17.3 Å². The Morgan fingerprint density at radius 2 is 2.11 bits per heavy atom. The lowest BCUT2D eigenvalue weighted by Crippen LogP contribution is -2.12. The highest BCUT2D eigenvalue weighted by atomic mass is 35.5. The van der Waals surface area contributed by atoms with E-state index >= 15 is 0 Å². The van der Waals surface area contributed by atoms with Gasteiger partial charge in [0, 0.05) is 12.3 Å². The van der Waals surface area contributed by atoms with Crippen LogP contribution in [0.5, 0.6) is 11.5 Å². The van der Waals surface area contributed by atoms with E-state index in [4.69, 9.17) is 27.5 Å². The molecule has 5 heteroatoms. The summed E-state index contributed by atoms with van der Waals surface area (Å²) in [5, 5.41) is 8.00. The second-order valence-corrected chi connectivity index (χ2v) is 4.29. The van der Waals surface area contributed by atoms with Crippen molar-refractivity contribution in [2.24, 2.45) is 5.73 Å². The van der Waals surface area contributed by atoms with Gasteiger partial charge in [-0.1, -0.05) is 17.7 Å². The summed E-state index contributed by atoms with van der Waals surface area (Å²) < 4.78 is 5.66. The summed E-state index contributed by atoms with van der Waals surface area (Å²) in [5.74, 6) is 0.988. The number of hydrogen-bond acceptors (Lipinski definition) is 3. The molecule has 18 heavy (non-hydrogen) atoms. The lowest BCUT2D eigenvalue weighted by Gasteiger charge is -2.11. The number of benzene rings is 1. The third-order valence-corrected chi connectivity index (χ3v) is 2.54. The summed E-state index contributed by atoms with van der Waals surface area (Å²) in [5.41, 5.74) is 7.07. The number of aromatic nitrogens is 1. The van der Waals surface area contributed by atoms with E-state index in [2.05, 4.69) is 4.98 Å². The van der Waals surface area contributed by atoms with Gasteiger partial charge in [-0.2, -0.15) is 0 Å². The van der Waals surface area contributed by atoms with Crippen LogP contribution in [0, 0.1) is 12.3 Å². The number of aryl methyl sites for hydroxylation is 1. The zero-order valence-corrected chi connectivity index (χ0v) is 10.5. The van der Waals surface area contributed by atoms with E-state index in [9.17, 15) is 0 Å². The van der Waals surface area contributed by atoms with Crippen LogP contribution < -0.4 is 10.5 Å². The standard InChI is InChI=1S/C13H12ClN3O/c1-8-2-3-11(13(15)16)12(4-8)18-10-5-9(14)6-17-7-10/h2-7H,1H3,(H3,15,16). The quantitative estimate of drug-likeness (QED) is 0.659. The molecule has 0 bridgehead atoms. The fourth-order valence-electron chi connectivity index (χ4n) is 1.51. The van der Waals surface area contributed by atoms with E-state index in [0.717, 1.165) is 5.56 Å². The lowest BCUT2D eigenvalue weighted by atomic mass is 10.1. The lowest BCUT2D eigenvalue weighted by molar-refractivity contribution is 0.479. The summed E-state index contributed by atoms with van der Waals surface area (Å²) in [7, 11) is 0. The minimum atomic E-state index is -0.0417. The Morgan fingerprint density at radius 3 is 2.78 bits per heavy atom. The number of nitrogen functional groups attached to an aromatic ring is 1. The van der Waals surface area contributed by atoms with Crippen molar-refractivity contribution in [1.29, 1.82) is 5.41 Å². The SMILES string of the molecule is Cc1ccc(C(=N)N)c(Oc2cncc(Cl)c2)c1. The number of rotatable bonds is 3. The fourth-order valence-corrected chi connectivity index (χ4v) is 1.68. The monoisotopic (exact) mass is 261 g/mol. The molecule has 2 rings (SSSR count).